The van der Waals surface area contributed by atoms with Crippen LogP contribution in [0.25, 0.3) is 6.08 Å². The molecule has 1 fully saturated rings. The molecule has 0 radical (unpaired) electrons. The molecule has 0 N–H and O–H groups in total. The van der Waals surface area contributed by atoms with Crippen LogP contribution in [0.5, 0.6) is 0 Å². The minimum atomic E-state index is -4.60. The number of anilines is 3. The van der Waals surface area contributed by atoms with E-state index in [0.29, 0.717) is 20.2 Å². The number of para-hydroxylation sites is 2. The average molecular weight is 615 g/mol. The van der Waals surface area contributed by atoms with Crippen molar-refractivity contribution in [3.63, 3.8) is 0 Å². The van der Waals surface area contributed by atoms with Crippen LogP contribution < -0.4 is 4.90 Å². The van der Waals surface area contributed by atoms with Crippen molar-refractivity contribution in [1.29, 1.82) is 0 Å². The van der Waals surface area contributed by atoms with Gasteiger partial charge in [0.15, 0.2) is 0 Å². The number of rotatable bonds is 1. The summed E-state index contributed by atoms with van der Waals surface area (Å²) in [4.78, 5) is 30.9. The molecule has 200 valence electrons. The molecule has 10 heteroatoms. The van der Waals surface area contributed by atoms with Gasteiger partial charge in [-0.2, -0.15) is 0 Å². The fraction of sp³-hybridized carbons (Fsp3) is 0.276. The molecule has 1 unspecified atom stereocenters. The van der Waals surface area contributed by atoms with Crippen LogP contribution in [0, 0.1) is 0 Å². The van der Waals surface area contributed by atoms with Crippen molar-refractivity contribution in [3.05, 3.63) is 81.2 Å². The van der Waals surface area contributed by atoms with E-state index in [1.54, 1.807) is 12.1 Å². The summed E-state index contributed by atoms with van der Waals surface area (Å²) in [6, 6.07) is 14.4. The standard InChI is InChI=1S/C29H24F3N3O2SSe/c1-27(2)17-9-6-7-12-21(17)35-22-18(27)10-8-11-19(22)28(3,29(30,31)32)20-14-15(38-25(20)35)13-16-23(36)33(4)26(39)34(5)24(16)37/h6-14H,1-5H3. The third-order valence-corrected chi connectivity index (χ3v) is 10.5. The number of hydrogen-bond donors (Lipinski definition) is 0. The summed E-state index contributed by atoms with van der Waals surface area (Å²) in [5, 5.41) is 0.429. The van der Waals surface area contributed by atoms with Gasteiger partial charge in [-0.1, -0.05) is 19.9 Å². The SMILES string of the molecule is CN1C(=O)C(=Cc2cc3c(s2)N2c4ccccc4C(C)(C)c4cccc(c42)C3(C)C(F)(F)F)C(=O)N(C)C1=[Se]. The summed E-state index contributed by atoms with van der Waals surface area (Å²) >= 11 is 3.86. The predicted octanol–water partition coefficient (Wildman–Crippen LogP) is 5.61. The molecule has 6 rings (SSSR count). The minimum absolute atomic E-state index is 0.0968. The Morgan fingerprint density at radius 3 is 2.10 bits per heavy atom. The van der Waals surface area contributed by atoms with Gasteiger partial charge in [0.1, 0.15) is 0 Å². The third-order valence-electron chi connectivity index (χ3n) is 8.26. The summed E-state index contributed by atoms with van der Waals surface area (Å²) in [5.41, 5.74) is 0.538. The molecule has 2 aromatic carbocycles. The number of likely N-dealkylation sites (N-methyl/N-ethyl adjacent to an activating group) is 2. The van der Waals surface area contributed by atoms with Crippen LogP contribution in [0.2, 0.25) is 0 Å². The molecule has 0 spiro atoms. The van der Waals surface area contributed by atoms with Gasteiger partial charge in [-0.3, -0.25) is 0 Å². The maximum atomic E-state index is 15.1. The van der Waals surface area contributed by atoms with Crippen LogP contribution in [-0.2, 0) is 20.4 Å². The van der Waals surface area contributed by atoms with Gasteiger partial charge < -0.3 is 0 Å². The summed E-state index contributed by atoms with van der Waals surface area (Å²) in [7, 11) is 3.07. The second-order valence-electron chi connectivity index (χ2n) is 10.7. The Kier molecular flexibility index (Phi) is 5.45. The number of alkyl halides is 3. The molecule has 1 aromatic heterocycles. The second-order valence-corrected chi connectivity index (χ2v) is 12.6. The maximum absolute atomic E-state index is 15.1. The number of nitrogens with zero attached hydrogens (tertiary/aromatic N) is 3. The number of halogens is 3. The van der Waals surface area contributed by atoms with Crippen LogP contribution in [0.4, 0.5) is 29.5 Å². The van der Waals surface area contributed by atoms with Gasteiger partial charge in [0, 0.05) is 0 Å². The number of hydrogen-bond acceptors (Lipinski definition) is 4. The summed E-state index contributed by atoms with van der Waals surface area (Å²) < 4.78 is 45.8. The van der Waals surface area contributed by atoms with E-state index in [0.717, 1.165) is 28.2 Å². The summed E-state index contributed by atoms with van der Waals surface area (Å²) in [5.74, 6) is -1.04. The normalized spacial score (nSPS) is 21.6. The fourth-order valence-corrected chi connectivity index (χ4v) is 7.51. The Bertz CT molecular complexity index is 1630. The number of benzene rings is 2. The molecule has 1 saturated heterocycles. The topological polar surface area (TPSA) is 43.9 Å². The predicted molar refractivity (Wildman–Crippen MR) is 148 cm³/mol. The Balaban J connectivity index is 1.65. The van der Waals surface area contributed by atoms with E-state index in [2.05, 4.69) is 15.6 Å². The molecule has 3 aliphatic rings. The first-order chi connectivity index (χ1) is 18.2. The number of carbonyl (C=O) groups is 2. The zero-order chi connectivity index (χ0) is 28.2. The molecule has 0 saturated carbocycles. The van der Waals surface area contributed by atoms with Gasteiger partial charge in [0.05, 0.1) is 0 Å². The molecule has 39 heavy (non-hydrogen) atoms. The van der Waals surface area contributed by atoms with Crippen molar-refractivity contribution >= 4 is 65.8 Å². The van der Waals surface area contributed by atoms with E-state index in [4.69, 9.17) is 0 Å². The molecule has 3 aromatic rings. The molecular weight excluding hydrogens is 590 g/mol. The summed E-state index contributed by atoms with van der Waals surface area (Å²) in [6.45, 7) is 5.29. The summed E-state index contributed by atoms with van der Waals surface area (Å²) in [6.07, 6.45) is -3.19. The average Bonchev–Trinajstić information content (AvgIpc) is 3.32. The van der Waals surface area contributed by atoms with Gasteiger partial charge in [-0.15, -0.1) is 0 Å². The Hall–Kier alpha value is -3.20. The molecule has 1 atom stereocenters. The zero-order valence-electron chi connectivity index (χ0n) is 21.8. The molecule has 2 amide bonds. The molecule has 5 nitrogen and oxygen atoms in total. The first-order valence-electron chi connectivity index (χ1n) is 12.3. The van der Waals surface area contributed by atoms with Crippen LogP contribution in [0.1, 0.15) is 47.9 Å². The fourth-order valence-electron chi connectivity index (χ4n) is 5.93. The number of amides is 2. The number of fused-ring (bicyclic) bond motifs is 4. The zero-order valence-corrected chi connectivity index (χ0v) is 24.3. The van der Waals surface area contributed by atoms with E-state index in [9.17, 15) is 9.59 Å². The quantitative estimate of drug-likeness (QED) is 0.204. The molecule has 0 bridgehead atoms. The number of carbonyl (C=O) groups excluding carboxylic acids is 2. The third kappa shape index (κ3) is 3.28. The molecule has 3 aliphatic heterocycles. The van der Waals surface area contributed by atoms with Gasteiger partial charge >= 0.3 is 216 Å². The molecule has 4 heterocycles. The van der Waals surface area contributed by atoms with Crippen molar-refractivity contribution in [1.82, 2.24) is 9.80 Å². The van der Waals surface area contributed by atoms with Crippen LogP contribution in [0.3, 0.4) is 0 Å². The van der Waals surface area contributed by atoms with Gasteiger partial charge in [0.25, 0.3) is 0 Å². The monoisotopic (exact) mass is 615 g/mol. The Morgan fingerprint density at radius 2 is 1.46 bits per heavy atom. The van der Waals surface area contributed by atoms with Crippen molar-refractivity contribution in [2.75, 3.05) is 19.0 Å². The van der Waals surface area contributed by atoms with E-state index in [-0.39, 0.29) is 16.7 Å². The first-order valence-corrected chi connectivity index (χ1v) is 13.9. The van der Waals surface area contributed by atoms with Crippen LogP contribution in [0.15, 0.2) is 54.1 Å². The van der Waals surface area contributed by atoms with E-state index < -0.39 is 28.8 Å². The van der Waals surface area contributed by atoms with Gasteiger partial charge in [-0.25, -0.2) is 0 Å². The van der Waals surface area contributed by atoms with Crippen molar-refractivity contribution < 1.29 is 22.8 Å². The van der Waals surface area contributed by atoms with Crippen LogP contribution in [-0.4, -0.2) is 62.1 Å². The van der Waals surface area contributed by atoms with E-state index in [1.165, 1.54) is 43.0 Å². The van der Waals surface area contributed by atoms with Gasteiger partial charge in [0.2, 0.25) is 0 Å². The van der Waals surface area contributed by atoms with Crippen molar-refractivity contribution in [3.8, 4) is 0 Å². The Morgan fingerprint density at radius 1 is 0.872 bits per heavy atom. The van der Waals surface area contributed by atoms with Gasteiger partial charge in [-0.05, 0) is 0 Å². The second kappa shape index (κ2) is 8.16. The first kappa shape index (κ1) is 26.0. The van der Waals surface area contributed by atoms with E-state index >= 15 is 13.2 Å². The number of thiophene rings is 1. The molecular formula is C29H24F3N3O2SSe. The Labute approximate surface area is 235 Å². The molecule has 0 aliphatic carbocycles. The van der Waals surface area contributed by atoms with E-state index in [1.807, 2.05) is 49.1 Å². The van der Waals surface area contributed by atoms with Crippen molar-refractivity contribution in [2.45, 2.75) is 37.8 Å². The van der Waals surface area contributed by atoms with Crippen molar-refractivity contribution in [2.24, 2.45) is 0 Å². The van der Waals surface area contributed by atoms with Crippen LogP contribution >= 0.6 is 11.3 Å².